The number of fused-ring (bicyclic) bond motifs is 1. The number of aryl methyl sites for hydroxylation is 3. The predicted octanol–water partition coefficient (Wildman–Crippen LogP) is 5.23. The second kappa shape index (κ2) is 6.45. The van der Waals surface area contributed by atoms with Crippen LogP contribution in [0.15, 0.2) is 48.5 Å². The molecule has 26 heavy (non-hydrogen) atoms. The summed E-state index contributed by atoms with van der Waals surface area (Å²) in [7, 11) is 0. The summed E-state index contributed by atoms with van der Waals surface area (Å²) < 4.78 is 0. The maximum Gasteiger partial charge on any atom is 0.232 e. The second-order valence-corrected chi connectivity index (χ2v) is 7.14. The summed E-state index contributed by atoms with van der Waals surface area (Å²) in [6, 6.07) is 17.2. The van der Waals surface area contributed by atoms with E-state index in [4.69, 9.17) is 9.97 Å². The fraction of sp³-hybridized carbons (Fsp3) is 0.273. The van der Waals surface area contributed by atoms with Gasteiger partial charge in [0.05, 0.1) is 0 Å². The normalized spacial score (nSPS) is 15.8. The summed E-state index contributed by atoms with van der Waals surface area (Å²) in [5.74, 6) is 1.60. The Kier molecular flexibility index (Phi) is 4.11. The van der Waals surface area contributed by atoms with Crippen LogP contribution in [-0.2, 0) is 6.42 Å². The molecule has 132 valence electrons. The van der Waals surface area contributed by atoms with Gasteiger partial charge in [0.2, 0.25) is 5.95 Å². The van der Waals surface area contributed by atoms with Gasteiger partial charge in [-0.1, -0.05) is 36.4 Å². The lowest BCUT2D eigenvalue weighted by Crippen LogP contribution is -2.26. The molecule has 0 saturated carbocycles. The van der Waals surface area contributed by atoms with Crippen LogP contribution < -0.4 is 10.2 Å². The molecular weight excluding hydrogens is 320 g/mol. The third-order valence-corrected chi connectivity index (χ3v) is 5.00. The summed E-state index contributed by atoms with van der Waals surface area (Å²) in [6.07, 6.45) is 1.02. The molecule has 4 rings (SSSR count). The molecule has 3 aromatic rings. The van der Waals surface area contributed by atoms with E-state index in [1.807, 2.05) is 13.0 Å². The molecule has 2 heterocycles. The highest BCUT2D eigenvalue weighted by Crippen LogP contribution is 2.37. The van der Waals surface area contributed by atoms with Gasteiger partial charge in [0.25, 0.3) is 0 Å². The van der Waals surface area contributed by atoms with Gasteiger partial charge in [-0.2, -0.15) is 4.98 Å². The van der Waals surface area contributed by atoms with Gasteiger partial charge in [0, 0.05) is 29.2 Å². The highest BCUT2D eigenvalue weighted by Gasteiger charge is 2.29. The Morgan fingerprint density at radius 2 is 1.69 bits per heavy atom. The van der Waals surface area contributed by atoms with Crippen molar-refractivity contribution in [3.05, 3.63) is 70.9 Å². The molecule has 0 fully saturated rings. The molecule has 1 aliphatic heterocycles. The Hall–Kier alpha value is -2.88. The van der Waals surface area contributed by atoms with Crippen molar-refractivity contribution < 1.29 is 0 Å². The van der Waals surface area contributed by atoms with Gasteiger partial charge in [0.1, 0.15) is 5.82 Å². The summed E-state index contributed by atoms with van der Waals surface area (Å²) in [4.78, 5) is 11.8. The number of hydrogen-bond acceptors (Lipinski definition) is 4. The van der Waals surface area contributed by atoms with Gasteiger partial charge in [-0.05, 0) is 56.9 Å². The lowest BCUT2D eigenvalue weighted by Gasteiger charge is -2.23. The van der Waals surface area contributed by atoms with Crippen LogP contribution >= 0.6 is 0 Å². The standard InChI is InChI=1S/C22H24N4/c1-14-8-7-9-15(2)21(14)24-20-12-16(3)23-22(25-20)26-17(4)13-18-10-5-6-11-19(18)26/h5-12,17H,13H2,1-4H3,(H,23,24,25). The number of para-hydroxylation sites is 2. The molecule has 0 radical (unpaired) electrons. The maximum absolute atomic E-state index is 4.85. The average molecular weight is 344 g/mol. The minimum absolute atomic E-state index is 0.349. The Bertz CT molecular complexity index is 944. The van der Waals surface area contributed by atoms with Crippen LogP contribution in [0.5, 0.6) is 0 Å². The summed E-state index contributed by atoms with van der Waals surface area (Å²) in [5, 5.41) is 3.51. The average Bonchev–Trinajstić information content (AvgIpc) is 2.93. The van der Waals surface area contributed by atoms with E-state index < -0.39 is 0 Å². The largest absolute Gasteiger partial charge is 0.340 e. The van der Waals surface area contributed by atoms with E-state index in [0.29, 0.717) is 6.04 Å². The SMILES string of the molecule is Cc1cc(Nc2c(C)cccc2C)nc(N2c3ccccc3CC2C)n1. The number of aromatic nitrogens is 2. The molecule has 0 saturated heterocycles. The number of anilines is 4. The Labute approximate surface area is 154 Å². The number of hydrogen-bond donors (Lipinski definition) is 1. The Balaban J connectivity index is 1.74. The first-order valence-corrected chi connectivity index (χ1v) is 9.09. The van der Waals surface area contributed by atoms with E-state index in [-0.39, 0.29) is 0 Å². The monoisotopic (exact) mass is 344 g/mol. The Morgan fingerprint density at radius 1 is 0.962 bits per heavy atom. The summed E-state index contributed by atoms with van der Waals surface area (Å²) in [5.41, 5.74) is 7.06. The predicted molar refractivity (Wildman–Crippen MR) is 108 cm³/mol. The van der Waals surface area contributed by atoms with Crippen LogP contribution in [0, 0.1) is 20.8 Å². The number of nitrogens with one attached hydrogen (secondary N) is 1. The first-order chi connectivity index (χ1) is 12.5. The van der Waals surface area contributed by atoms with Gasteiger partial charge in [-0.3, -0.25) is 0 Å². The molecule has 4 nitrogen and oxygen atoms in total. The highest BCUT2D eigenvalue weighted by molar-refractivity contribution is 5.69. The van der Waals surface area contributed by atoms with E-state index >= 15 is 0 Å². The van der Waals surface area contributed by atoms with Gasteiger partial charge >= 0.3 is 0 Å². The number of benzene rings is 2. The van der Waals surface area contributed by atoms with Crippen LogP contribution in [0.1, 0.15) is 29.3 Å². The van der Waals surface area contributed by atoms with Gasteiger partial charge < -0.3 is 10.2 Å². The lowest BCUT2D eigenvalue weighted by atomic mass is 10.1. The molecule has 1 aromatic heterocycles. The molecule has 1 atom stereocenters. The second-order valence-electron chi connectivity index (χ2n) is 7.14. The van der Waals surface area contributed by atoms with Gasteiger partial charge in [-0.15, -0.1) is 0 Å². The first-order valence-electron chi connectivity index (χ1n) is 9.09. The van der Waals surface area contributed by atoms with Crippen molar-refractivity contribution in [2.45, 2.75) is 40.2 Å². The van der Waals surface area contributed by atoms with Crippen molar-refractivity contribution in [3.63, 3.8) is 0 Å². The quantitative estimate of drug-likeness (QED) is 0.706. The first kappa shape index (κ1) is 16.6. The zero-order valence-corrected chi connectivity index (χ0v) is 15.7. The van der Waals surface area contributed by atoms with Crippen molar-refractivity contribution >= 4 is 23.1 Å². The van der Waals surface area contributed by atoms with Crippen LogP contribution in [0.2, 0.25) is 0 Å². The molecule has 2 aromatic carbocycles. The van der Waals surface area contributed by atoms with Crippen molar-refractivity contribution in [3.8, 4) is 0 Å². The van der Waals surface area contributed by atoms with Gasteiger partial charge in [0.15, 0.2) is 0 Å². The Morgan fingerprint density at radius 3 is 2.46 bits per heavy atom. The van der Waals surface area contributed by atoms with Crippen LogP contribution in [0.4, 0.5) is 23.1 Å². The van der Waals surface area contributed by atoms with Crippen molar-refractivity contribution in [2.24, 2.45) is 0 Å². The molecule has 1 N–H and O–H groups in total. The van der Waals surface area contributed by atoms with Crippen molar-refractivity contribution in [1.29, 1.82) is 0 Å². The van der Waals surface area contributed by atoms with E-state index in [1.165, 1.54) is 22.4 Å². The minimum atomic E-state index is 0.349. The molecule has 0 aliphatic carbocycles. The van der Waals surface area contributed by atoms with Crippen LogP contribution in [0.3, 0.4) is 0 Å². The van der Waals surface area contributed by atoms with Crippen LogP contribution in [-0.4, -0.2) is 16.0 Å². The molecule has 4 heteroatoms. The molecule has 0 spiro atoms. The van der Waals surface area contributed by atoms with Crippen molar-refractivity contribution in [1.82, 2.24) is 9.97 Å². The van der Waals surface area contributed by atoms with Crippen molar-refractivity contribution in [2.75, 3.05) is 10.2 Å². The maximum atomic E-state index is 4.85. The third-order valence-electron chi connectivity index (χ3n) is 5.00. The van der Waals surface area contributed by atoms with E-state index in [9.17, 15) is 0 Å². The molecular formula is C22H24N4. The molecule has 0 amide bonds. The molecule has 0 bridgehead atoms. The zero-order valence-electron chi connectivity index (χ0n) is 15.7. The van der Waals surface area contributed by atoms with E-state index in [1.54, 1.807) is 0 Å². The van der Waals surface area contributed by atoms with Gasteiger partial charge in [-0.25, -0.2) is 4.98 Å². The fourth-order valence-electron chi connectivity index (χ4n) is 3.73. The topological polar surface area (TPSA) is 41.1 Å². The van der Waals surface area contributed by atoms with Crippen LogP contribution in [0.25, 0.3) is 0 Å². The third kappa shape index (κ3) is 2.92. The summed E-state index contributed by atoms with van der Waals surface area (Å²) >= 11 is 0. The number of rotatable bonds is 3. The molecule has 1 aliphatic rings. The summed E-state index contributed by atoms with van der Waals surface area (Å²) in [6.45, 7) is 8.48. The van der Waals surface area contributed by atoms with E-state index in [2.05, 4.69) is 73.5 Å². The lowest BCUT2D eigenvalue weighted by molar-refractivity contribution is 0.738. The fourth-order valence-corrected chi connectivity index (χ4v) is 3.73. The minimum Gasteiger partial charge on any atom is -0.340 e. The molecule has 1 unspecified atom stereocenters. The number of nitrogens with zero attached hydrogens (tertiary/aromatic N) is 3. The smallest absolute Gasteiger partial charge is 0.232 e. The zero-order chi connectivity index (χ0) is 18.3. The van der Waals surface area contributed by atoms with E-state index in [0.717, 1.165) is 29.6 Å². The highest BCUT2D eigenvalue weighted by atomic mass is 15.3.